The molecular weight excluding hydrogens is 423 g/mol. The lowest BCUT2D eigenvalue weighted by molar-refractivity contribution is -0.140. The van der Waals surface area contributed by atoms with Crippen molar-refractivity contribution >= 4 is 41.8 Å². The van der Waals surface area contributed by atoms with Crippen molar-refractivity contribution in [2.75, 3.05) is 26.7 Å². The fraction of sp³-hybridized carbons (Fsp3) is 0.812. The largest absolute Gasteiger partial charge is 0.469 e. The highest BCUT2D eigenvalue weighted by Crippen LogP contribution is 2.00. The third kappa shape index (κ3) is 15.8. The molecular formula is C16H33IN4O3. The van der Waals surface area contributed by atoms with E-state index in [-0.39, 0.29) is 47.9 Å². The number of hydrogen-bond acceptors (Lipinski definition) is 4. The quantitative estimate of drug-likeness (QED) is 0.162. The standard InChI is InChI=1S/C16H32N4O3.HI/c1-6-17-15(19-12-13(21)20-16(2,3)4)18-11-9-7-8-10-14(22)23-5;/h6-12H2,1-5H3,(H,20,21)(H2,17,18,19);1H. The van der Waals surface area contributed by atoms with Crippen molar-refractivity contribution in [1.29, 1.82) is 0 Å². The molecule has 0 fully saturated rings. The maximum Gasteiger partial charge on any atom is 0.305 e. The molecule has 0 atom stereocenters. The van der Waals surface area contributed by atoms with Crippen molar-refractivity contribution in [2.45, 2.75) is 58.9 Å². The molecule has 0 radical (unpaired) electrons. The number of nitrogens with zero attached hydrogens (tertiary/aromatic N) is 1. The van der Waals surface area contributed by atoms with Crippen LogP contribution in [0.4, 0.5) is 0 Å². The van der Waals surface area contributed by atoms with Gasteiger partial charge in [-0.05, 0) is 40.5 Å². The summed E-state index contributed by atoms with van der Waals surface area (Å²) in [5.74, 6) is 0.357. The average molecular weight is 456 g/mol. The molecule has 0 aromatic carbocycles. The molecule has 7 nitrogen and oxygen atoms in total. The van der Waals surface area contributed by atoms with Crippen LogP contribution in [0, 0.1) is 0 Å². The summed E-state index contributed by atoms with van der Waals surface area (Å²) in [4.78, 5) is 27.0. The molecule has 24 heavy (non-hydrogen) atoms. The molecule has 0 bridgehead atoms. The van der Waals surface area contributed by atoms with E-state index in [1.54, 1.807) is 0 Å². The van der Waals surface area contributed by atoms with Gasteiger partial charge in [0.05, 0.1) is 7.11 Å². The zero-order valence-electron chi connectivity index (χ0n) is 15.5. The molecule has 0 spiro atoms. The average Bonchev–Trinajstić information content (AvgIpc) is 2.45. The van der Waals surface area contributed by atoms with Gasteiger partial charge in [0.15, 0.2) is 5.96 Å². The molecule has 0 aliphatic heterocycles. The molecule has 0 saturated carbocycles. The SMILES string of the molecule is CCNC(=NCC(=O)NC(C)(C)C)NCCCCCC(=O)OC.I. The third-order valence-corrected chi connectivity index (χ3v) is 2.82. The molecule has 3 N–H and O–H groups in total. The highest BCUT2D eigenvalue weighted by molar-refractivity contribution is 14.0. The van der Waals surface area contributed by atoms with Crippen LogP contribution in [0.25, 0.3) is 0 Å². The van der Waals surface area contributed by atoms with E-state index in [9.17, 15) is 9.59 Å². The highest BCUT2D eigenvalue weighted by Gasteiger charge is 2.13. The summed E-state index contributed by atoms with van der Waals surface area (Å²) < 4.78 is 4.59. The number of aliphatic imine (C=N–C) groups is 1. The van der Waals surface area contributed by atoms with Crippen LogP contribution in [-0.4, -0.2) is 50.1 Å². The minimum atomic E-state index is -0.252. The van der Waals surface area contributed by atoms with Crippen LogP contribution in [0.5, 0.6) is 0 Å². The van der Waals surface area contributed by atoms with Crippen molar-refractivity contribution in [1.82, 2.24) is 16.0 Å². The summed E-state index contributed by atoms with van der Waals surface area (Å²) in [5, 5.41) is 9.16. The van der Waals surface area contributed by atoms with E-state index in [1.165, 1.54) is 7.11 Å². The van der Waals surface area contributed by atoms with Crippen molar-refractivity contribution in [3.8, 4) is 0 Å². The maximum atomic E-state index is 11.8. The lowest BCUT2D eigenvalue weighted by atomic mass is 10.1. The Labute approximate surface area is 162 Å². The first-order valence-corrected chi connectivity index (χ1v) is 8.18. The van der Waals surface area contributed by atoms with E-state index in [0.29, 0.717) is 12.4 Å². The molecule has 0 aromatic rings. The van der Waals surface area contributed by atoms with E-state index in [0.717, 1.165) is 32.4 Å². The molecule has 0 rings (SSSR count). The zero-order valence-corrected chi connectivity index (χ0v) is 17.9. The Balaban J connectivity index is 0. The van der Waals surface area contributed by atoms with Crippen LogP contribution in [0.2, 0.25) is 0 Å². The molecule has 0 aliphatic carbocycles. The van der Waals surface area contributed by atoms with Gasteiger partial charge in [0.1, 0.15) is 6.54 Å². The van der Waals surface area contributed by atoms with Gasteiger partial charge in [-0.15, -0.1) is 24.0 Å². The summed E-state index contributed by atoms with van der Waals surface area (Å²) in [5.41, 5.74) is -0.252. The molecule has 0 aliphatic rings. The molecule has 142 valence electrons. The second kappa shape index (κ2) is 14.3. The minimum absolute atomic E-state index is 0. The smallest absolute Gasteiger partial charge is 0.305 e. The number of carbonyl (C=O) groups is 2. The van der Waals surface area contributed by atoms with E-state index in [2.05, 4.69) is 25.7 Å². The monoisotopic (exact) mass is 456 g/mol. The molecule has 0 saturated heterocycles. The number of guanidine groups is 1. The first-order valence-electron chi connectivity index (χ1n) is 8.18. The summed E-state index contributed by atoms with van der Waals surface area (Å²) in [6, 6.07) is 0. The van der Waals surface area contributed by atoms with E-state index in [1.807, 2.05) is 27.7 Å². The first kappa shape index (κ1) is 25.2. The van der Waals surface area contributed by atoms with Gasteiger partial charge in [-0.1, -0.05) is 6.42 Å². The minimum Gasteiger partial charge on any atom is -0.469 e. The number of nitrogens with one attached hydrogen (secondary N) is 3. The van der Waals surface area contributed by atoms with Crippen molar-refractivity contribution in [2.24, 2.45) is 4.99 Å². The van der Waals surface area contributed by atoms with E-state index < -0.39 is 0 Å². The van der Waals surface area contributed by atoms with Crippen LogP contribution in [0.1, 0.15) is 53.4 Å². The Morgan fingerprint density at radius 2 is 1.75 bits per heavy atom. The number of hydrogen-bond donors (Lipinski definition) is 3. The highest BCUT2D eigenvalue weighted by atomic mass is 127. The Hall–Kier alpha value is -1.06. The first-order chi connectivity index (χ1) is 10.8. The van der Waals surface area contributed by atoms with Gasteiger partial charge in [0.25, 0.3) is 0 Å². The van der Waals surface area contributed by atoms with Gasteiger partial charge in [-0.25, -0.2) is 4.99 Å². The lowest BCUT2D eigenvalue weighted by Gasteiger charge is -2.20. The molecule has 0 unspecified atom stereocenters. The van der Waals surface area contributed by atoms with Crippen LogP contribution < -0.4 is 16.0 Å². The van der Waals surface area contributed by atoms with Gasteiger partial charge in [0, 0.05) is 25.0 Å². The molecule has 8 heteroatoms. The Morgan fingerprint density at radius 1 is 1.08 bits per heavy atom. The van der Waals surface area contributed by atoms with Gasteiger partial charge < -0.3 is 20.7 Å². The number of amides is 1. The number of esters is 1. The van der Waals surface area contributed by atoms with Crippen LogP contribution in [-0.2, 0) is 14.3 Å². The number of carbonyl (C=O) groups excluding carboxylic acids is 2. The van der Waals surface area contributed by atoms with Gasteiger partial charge in [0.2, 0.25) is 5.91 Å². The normalized spacial score (nSPS) is 11.3. The summed E-state index contributed by atoms with van der Waals surface area (Å²) >= 11 is 0. The van der Waals surface area contributed by atoms with Gasteiger partial charge in [-0.3, -0.25) is 9.59 Å². The number of methoxy groups -OCH3 is 1. The van der Waals surface area contributed by atoms with Crippen LogP contribution in [0.15, 0.2) is 4.99 Å². The topological polar surface area (TPSA) is 91.8 Å². The summed E-state index contributed by atoms with van der Waals surface area (Å²) in [6.07, 6.45) is 3.13. The second-order valence-electron chi connectivity index (χ2n) is 6.31. The zero-order chi connectivity index (χ0) is 17.7. The van der Waals surface area contributed by atoms with Crippen molar-refractivity contribution < 1.29 is 14.3 Å². The van der Waals surface area contributed by atoms with Gasteiger partial charge >= 0.3 is 5.97 Å². The fourth-order valence-corrected chi connectivity index (χ4v) is 1.83. The number of halogens is 1. The predicted molar refractivity (Wildman–Crippen MR) is 108 cm³/mol. The maximum absolute atomic E-state index is 11.8. The molecule has 0 aromatic heterocycles. The third-order valence-electron chi connectivity index (χ3n) is 2.82. The van der Waals surface area contributed by atoms with Crippen LogP contribution in [0.3, 0.4) is 0 Å². The Kier molecular flexibility index (Phi) is 15.0. The Bertz CT molecular complexity index is 395. The lowest BCUT2D eigenvalue weighted by Crippen LogP contribution is -2.43. The molecule has 0 heterocycles. The van der Waals surface area contributed by atoms with Crippen molar-refractivity contribution in [3.63, 3.8) is 0 Å². The number of unbranched alkanes of at least 4 members (excludes halogenated alkanes) is 2. The second-order valence-corrected chi connectivity index (χ2v) is 6.31. The summed E-state index contributed by atoms with van der Waals surface area (Å²) in [6.45, 7) is 9.35. The van der Waals surface area contributed by atoms with Gasteiger partial charge in [-0.2, -0.15) is 0 Å². The fourth-order valence-electron chi connectivity index (χ4n) is 1.83. The number of ether oxygens (including phenoxy) is 1. The summed E-state index contributed by atoms with van der Waals surface area (Å²) in [7, 11) is 1.40. The van der Waals surface area contributed by atoms with Crippen molar-refractivity contribution in [3.05, 3.63) is 0 Å². The number of rotatable bonds is 9. The Morgan fingerprint density at radius 3 is 2.29 bits per heavy atom. The molecule has 1 amide bonds. The van der Waals surface area contributed by atoms with E-state index in [4.69, 9.17) is 0 Å². The van der Waals surface area contributed by atoms with Crippen LogP contribution >= 0.6 is 24.0 Å². The van der Waals surface area contributed by atoms with E-state index >= 15 is 0 Å². The predicted octanol–water partition coefficient (Wildman–Crippen LogP) is 1.81.